The lowest BCUT2D eigenvalue weighted by Crippen LogP contribution is -2.12. The Morgan fingerprint density at radius 1 is 1.26 bits per heavy atom. The summed E-state index contributed by atoms with van der Waals surface area (Å²) in [5.41, 5.74) is 3.41. The van der Waals surface area contributed by atoms with Crippen LogP contribution in [0.5, 0.6) is 5.75 Å². The van der Waals surface area contributed by atoms with Crippen LogP contribution in [0.1, 0.15) is 55.6 Å². The zero-order valence-electron chi connectivity index (χ0n) is 15.8. The van der Waals surface area contributed by atoms with Crippen molar-refractivity contribution in [3.63, 3.8) is 0 Å². The molecule has 144 valence electrons. The number of carbonyl (C=O) groups excluding carboxylic acids is 1. The van der Waals surface area contributed by atoms with Crippen molar-refractivity contribution < 1.29 is 9.53 Å². The van der Waals surface area contributed by atoms with E-state index in [0.29, 0.717) is 30.0 Å². The monoisotopic (exact) mass is 370 g/mol. The van der Waals surface area contributed by atoms with E-state index in [0.717, 1.165) is 19.1 Å². The van der Waals surface area contributed by atoms with Gasteiger partial charge in [0.1, 0.15) is 5.75 Å². The second-order valence-corrected chi connectivity index (χ2v) is 6.08. The van der Waals surface area contributed by atoms with Gasteiger partial charge >= 0.3 is 0 Å². The molecule has 0 amide bonds. The summed E-state index contributed by atoms with van der Waals surface area (Å²) in [6.45, 7) is 4.64. The Hall–Kier alpha value is -2.96. The highest BCUT2D eigenvalue weighted by Crippen LogP contribution is 2.18. The largest absolute Gasteiger partial charge is 0.493 e. The van der Waals surface area contributed by atoms with Gasteiger partial charge in [0.15, 0.2) is 0 Å². The molecule has 0 atom stereocenters. The number of para-hydroxylation sites is 1. The first kappa shape index (κ1) is 20.4. The molecule has 0 saturated carbocycles. The molecule has 7 heteroatoms. The van der Waals surface area contributed by atoms with Crippen LogP contribution in [-0.2, 0) is 6.42 Å². The zero-order valence-corrected chi connectivity index (χ0v) is 15.8. The Kier molecular flexibility index (Phi) is 8.22. The number of hydrazone groups is 1. The maximum atomic E-state index is 12.4. The summed E-state index contributed by atoms with van der Waals surface area (Å²) in [4.78, 5) is 30.7. The van der Waals surface area contributed by atoms with Crippen LogP contribution in [0.2, 0.25) is 0 Å². The van der Waals surface area contributed by atoms with Crippen molar-refractivity contribution >= 4 is 17.9 Å². The van der Waals surface area contributed by atoms with E-state index < -0.39 is 0 Å². The Morgan fingerprint density at radius 3 is 2.85 bits per heavy atom. The van der Waals surface area contributed by atoms with Crippen molar-refractivity contribution in [3.8, 4) is 5.75 Å². The lowest BCUT2D eigenvalue weighted by molar-refractivity contribution is 0.106. The van der Waals surface area contributed by atoms with Crippen molar-refractivity contribution in [2.75, 3.05) is 12.0 Å². The van der Waals surface area contributed by atoms with Gasteiger partial charge < -0.3 is 4.74 Å². The van der Waals surface area contributed by atoms with Crippen LogP contribution in [-0.4, -0.2) is 28.6 Å². The van der Waals surface area contributed by atoms with Gasteiger partial charge in [-0.2, -0.15) is 5.10 Å². The number of nitrogens with zero attached hydrogens (tertiary/aromatic N) is 2. The van der Waals surface area contributed by atoms with Gasteiger partial charge in [0, 0.05) is 11.8 Å². The van der Waals surface area contributed by atoms with Gasteiger partial charge in [-0.1, -0.05) is 45.2 Å². The Labute approximate surface area is 158 Å². The molecular formula is C20H26N4O3. The molecule has 0 unspecified atom stereocenters. The Balaban J connectivity index is 1.98. The summed E-state index contributed by atoms with van der Waals surface area (Å²) in [6, 6.07) is 8.51. The van der Waals surface area contributed by atoms with Crippen LogP contribution in [0.4, 0.5) is 5.95 Å². The van der Waals surface area contributed by atoms with Crippen molar-refractivity contribution in [2.24, 2.45) is 5.10 Å². The van der Waals surface area contributed by atoms with E-state index in [9.17, 15) is 9.59 Å². The number of ketones is 1. The minimum absolute atomic E-state index is 0.198. The number of hydrogen-bond acceptors (Lipinski definition) is 6. The lowest BCUT2D eigenvalue weighted by atomic mass is 10.1. The second kappa shape index (κ2) is 10.9. The van der Waals surface area contributed by atoms with Crippen molar-refractivity contribution in [2.45, 2.75) is 46.0 Å². The highest BCUT2D eigenvalue weighted by atomic mass is 16.5. The third-order valence-electron chi connectivity index (χ3n) is 3.92. The minimum Gasteiger partial charge on any atom is -0.493 e. The molecule has 27 heavy (non-hydrogen) atoms. The summed E-state index contributed by atoms with van der Waals surface area (Å²) >= 11 is 0. The number of aryl methyl sites for hydroxylation is 1. The van der Waals surface area contributed by atoms with E-state index in [1.807, 2.05) is 13.0 Å². The van der Waals surface area contributed by atoms with E-state index >= 15 is 0 Å². The second-order valence-electron chi connectivity index (χ2n) is 6.08. The number of nitrogens with one attached hydrogen (secondary N) is 2. The molecule has 0 fully saturated rings. The summed E-state index contributed by atoms with van der Waals surface area (Å²) in [5.74, 6) is 0.453. The van der Waals surface area contributed by atoms with E-state index in [2.05, 4.69) is 27.4 Å². The number of benzene rings is 1. The van der Waals surface area contributed by atoms with Crippen molar-refractivity contribution in [3.05, 3.63) is 51.9 Å². The van der Waals surface area contributed by atoms with Gasteiger partial charge in [-0.25, -0.2) is 10.4 Å². The lowest BCUT2D eigenvalue weighted by Gasteiger charge is -2.09. The summed E-state index contributed by atoms with van der Waals surface area (Å²) in [5, 5.41) is 3.88. The molecular weight excluding hydrogens is 344 g/mol. The third-order valence-corrected chi connectivity index (χ3v) is 3.92. The Bertz CT molecular complexity index is 830. The molecule has 0 aliphatic rings. The van der Waals surface area contributed by atoms with E-state index in [-0.39, 0.29) is 17.3 Å². The van der Waals surface area contributed by atoms with Crippen LogP contribution in [0.3, 0.4) is 0 Å². The molecule has 1 aromatic carbocycles. The van der Waals surface area contributed by atoms with E-state index in [1.165, 1.54) is 18.9 Å². The highest BCUT2D eigenvalue weighted by molar-refractivity contribution is 6.36. The first-order valence-electron chi connectivity index (χ1n) is 9.29. The smallest absolute Gasteiger partial charge is 0.252 e. The predicted octanol–water partition coefficient (Wildman–Crippen LogP) is 3.57. The first-order valence-corrected chi connectivity index (χ1v) is 9.29. The van der Waals surface area contributed by atoms with Crippen LogP contribution < -0.4 is 15.7 Å². The third kappa shape index (κ3) is 6.69. The predicted molar refractivity (Wildman–Crippen MR) is 107 cm³/mol. The molecule has 0 spiro atoms. The number of Topliss-reactive ketones (excluding diaryl/α,β-unsaturated/α-hetero) is 1. The quantitative estimate of drug-likeness (QED) is 0.273. The summed E-state index contributed by atoms with van der Waals surface area (Å²) < 4.78 is 5.75. The van der Waals surface area contributed by atoms with Crippen LogP contribution in [0.15, 0.2) is 40.2 Å². The molecule has 2 N–H and O–H groups in total. The molecule has 2 rings (SSSR count). The zero-order chi connectivity index (χ0) is 19.5. The molecule has 1 heterocycles. The van der Waals surface area contributed by atoms with Gasteiger partial charge in [-0.15, -0.1) is 0 Å². The normalized spacial score (nSPS) is 10.9. The molecule has 0 bridgehead atoms. The topological polar surface area (TPSA) is 96.4 Å². The molecule has 0 aliphatic carbocycles. The molecule has 2 aromatic rings. The summed E-state index contributed by atoms with van der Waals surface area (Å²) in [6.07, 6.45) is 6.19. The fraction of sp³-hybridized carbons (Fsp3) is 0.400. The molecule has 7 nitrogen and oxygen atoms in total. The molecule has 0 aliphatic heterocycles. The van der Waals surface area contributed by atoms with Crippen LogP contribution >= 0.6 is 0 Å². The number of H-pyrrole nitrogens is 1. The number of carbonyl (C=O) groups is 1. The minimum atomic E-state index is -0.291. The van der Waals surface area contributed by atoms with Crippen LogP contribution in [0.25, 0.3) is 0 Å². The highest BCUT2D eigenvalue weighted by Gasteiger charge is 2.10. The van der Waals surface area contributed by atoms with Crippen molar-refractivity contribution in [1.82, 2.24) is 9.97 Å². The van der Waals surface area contributed by atoms with Gasteiger partial charge in [0.25, 0.3) is 5.56 Å². The molecule has 0 saturated heterocycles. The molecule has 0 radical (unpaired) electrons. The maximum absolute atomic E-state index is 12.4. The van der Waals surface area contributed by atoms with Gasteiger partial charge in [0.2, 0.25) is 11.7 Å². The van der Waals surface area contributed by atoms with E-state index in [1.54, 1.807) is 18.2 Å². The van der Waals surface area contributed by atoms with E-state index in [4.69, 9.17) is 4.74 Å². The number of aromatic amines is 1. The fourth-order valence-electron chi connectivity index (χ4n) is 2.47. The number of anilines is 1. The maximum Gasteiger partial charge on any atom is 0.252 e. The Morgan fingerprint density at radius 2 is 2.07 bits per heavy atom. The molecule has 1 aromatic heterocycles. The fourth-order valence-corrected chi connectivity index (χ4v) is 2.47. The average Bonchev–Trinajstić information content (AvgIpc) is 2.67. The SMILES string of the molecule is CCCCCCOc1ccccc1C(=O)/C=N\Nc1nc(CC)cc(=O)[nH]1. The van der Waals surface area contributed by atoms with Gasteiger partial charge in [-0.3, -0.25) is 14.6 Å². The number of unbranched alkanes of at least 4 members (excludes halogenated alkanes) is 3. The van der Waals surface area contributed by atoms with Gasteiger partial charge in [0.05, 0.1) is 18.4 Å². The van der Waals surface area contributed by atoms with Crippen LogP contribution in [0, 0.1) is 0 Å². The van der Waals surface area contributed by atoms with Crippen molar-refractivity contribution in [1.29, 1.82) is 0 Å². The number of aromatic nitrogens is 2. The average molecular weight is 370 g/mol. The number of ether oxygens (including phenoxy) is 1. The number of hydrogen-bond donors (Lipinski definition) is 2. The van der Waals surface area contributed by atoms with Gasteiger partial charge in [-0.05, 0) is 25.0 Å². The standard InChI is InChI=1S/C20H26N4O3/c1-3-5-6-9-12-27-18-11-8-7-10-16(18)17(25)14-21-24-20-22-15(4-2)13-19(26)23-20/h7-8,10-11,13-14H,3-6,9,12H2,1-2H3,(H2,22,23,24,26)/b21-14-. The summed E-state index contributed by atoms with van der Waals surface area (Å²) in [7, 11) is 0. The first-order chi connectivity index (χ1) is 13.1. The number of rotatable bonds is 11.